The molecule has 0 saturated carbocycles. The Morgan fingerprint density at radius 1 is 1.26 bits per heavy atom. The van der Waals surface area contributed by atoms with Gasteiger partial charge in [-0.15, -0.1) is 0 Å². The van der Waals surface area contributed by atoms with Gasteiger partial charge in [-0.2, -0.15) is 0 Å². The highest BCUT2D eigenvalue weighted by Gasteiger charge is 2.18. The highest BCUT2D eigenvalue weighted by molar-refractivity contribution is 7.86. The quantitative estimate of drug-likeness (QED) is 0.641. The van der Waals surface area contributed by atoms with E-state index in [9.17, 15) is 4.21 Å². The summed E-state index contributed by atoms with van der Waals surface area (Å²) < 4.78 is 11.9. The number of nitrogens with one attached hydrogen (secondary N) is 1. The van der Waals surface area contributed by atoms with E-state index in [-0.39, 0.29) is 4.75 Å². The Bertz CT molecular complexity index is 532. The van der Waals surface area contributed by atoms with Gasteiger partial charge in [-0.25, -0.2) is 0 Å². The molecule has 23 heavy (non-hydrogen) atoms. The van der Waals surface area contributed by atoms with Gasteiger partial charge in [-0.1, -0.05) is 29.8 Å². The second kappa shape index (κ2) is 9.06. The molecule has 1 aromatic carbocycles. The van der Waals surface area contributed by atoms with Crippen LogP contribution in [0.15, 0.2) is 29.3 Å². The maximum atomic E-state index is 12.1. The van der Waals surface area contributed by atoms with Gasteiger partial charge in [0.25, 0.3) is 0 Å². The molecule has 0 spiro atoms. The van der Waals surface area contributed by atoms with E-state index >= 15 is 0 Å². The molecule has 1 atom stereocenters. The summed E-state index contributed by atoms with van der Waals surface area (Å²) in [5, 5.41) is 3.30. The van der Waals surface area contributed by atoms with E-state index in [0.29, 0.717) is 12.3 Å². The third-order valence-corrected chi connectivity index (χ3v) is 5.38. The molecular formula is C18H31N3OS. The predicted octanol–water partition coefficient (Wildman–Crippen LogP) is 2.94. The summed E-state index contributed by atoms with van der Waals surface area (Å²) in [6.45, 7) is 12.3. The summed E-state index contributed by atoms with van der Waals surface area (Å²) in [6, 6.07) is 8.54. The van der Waals surface area contributed by atoms with Gasteiger partial charge in [0.15, 0.2) is 5.96 Å². The summed E-state index contributed by atoms with van der Waals surface area (Å²) in [5.74, 6) is 1.45. The number of hydrogen-bond acceptors (Lipinski definition) is 2. The maximum Gasteiger partial charge on any atom is 0.193 e. The number of benzene rings is 1. The normalized spacial score (nSPS) is 13.7. The Labute approximate surface area is 143 Å². The van der Waals surface area contributed by atoms with Crippen LogP contribution in [-0.2, 0) is 17.3 Å². The minimum Gasteiger partial charge on any atom is -0.357 e. The lowest BCUT2D eigenvalue weighted by Crippen LogP contribution is -2.39. The molecule has 0 fully saturated rings. The summed E-state index contributed by atoms with van der Waals surface area (Å²) in [6.07, 6.45) is 0. The maximum absolute atomic E-state index is 12.1. The van der Waals surface area contributed by atoms with Crippen molar-refractivity contribution in [2.45, 2.75) is 45.9 Å². The molecule has 130 valence electrons. The molecule has 4 nitrogen and oxygen atoms in total. The number of guanidine groups is 1. The molecule has 0 aromatic heterocycles. The van der Waals surface area contributed by atoms with Crippen LogP contribution in [0, 0.1) is 6.92 Å². The van der Waals surface area contributed by atoms with E-state index in [4.69, 9.17) is 0 Å². The molecule has 0 aliphatic carbocycles. The molecule has 1 aromatic rings. The zero-order chi connectivity index (χ0) is 17.5. The van der Waals surface area contributed by atoms with Crippen LogP contribution < -0.4 is 5.32 Å². The Hall–Kier alpha value is -1.36. The topological polar surface area (TPSA) is 44.7 Å². The molecular weight excluding hydrogens is 306 g/mol. The van der Waals surface area contributed by atoms with Crippen molar-refractivity contribution in [2.75, 3.05) is 25.9 Å². The van der Waals surface area contributed by atoms with Gasteiger partial charge in [-0.3, -0.25) is 9.20 Å². The largest absolute Gasteiger partial charge is 0.357 e. The van der Waals surface area contributed by atoms with Gasteiger partial charge in [0, 0.05) is 41.4 Å². The van der Waals surface area contributed by atoms with Gasteiger partial charge in [0.1, 0.15) is 0 Å². The van der Waals surface area contributed by atoms with Crippen molar-refractivity contribution in [1.29, 1.82) is 0 Å². The summed E-state index contributed by atoms with van der Waals surface area (Å²) in [7, 11) is 1.16. The van der Waals surface area contributed by atoms with Crippen molar-refractivity contribution in [3.05, 3.63) is 35.4 Å². The van der Waals surface area contributed by atoms with E-state index in [2.05, 4.69) is 53.3 Å². The number of hydrogen-bond donors (Lipinski definition) is 1. The Morgan fingerprint density at radius 2 is 1.87 bits per heavy atom. The molecule has 0 radical (unpaired) electrons. The zero-order valence-corrected chi connectivity index (χ0v) is 16.2. The summed E-state index contributed by atoms with van der Waals surface area (Å²) >= 11 is 0. The molecule has 0 bridgehead atoms. The van der Waals surface area contributed by atoms with Gasteiger partial charge in [-0.05, 0) is 40.2 Å². The van der Waals surface area contributed by atoms with Crippen LogP contribution in [0.25, 0.3) is 0 Å². The predicted molar refractivity (Wildman–Crippen MR) is 101 cm³/mol. The highest BCUT2D eigenvalue weighted by atomic mass is 32.2. The first-order valence-electron chi connectivity index (χ1n) is 8.17. The van der Waals surface area contributed by atoms with E-state index in [1.165, 1.54) is 11.1 Å². The minimum atomic E-state index is -0.865. The molecule has 0 aliphatic rings. The Morgan fingerprint density at radius 3 is 2.39 bits per heavy atom. The van der Waals surface area contributed by atoms with Crippen molar-refractivity contribution in [1.82, 2.24) is 10.2 Å². The average molecular weight is 338 g/mol. The first kappa shape index (κ1) is 19.7. The highest BCUT2D eigenvalue weighted by Crippen LogP contribution is 2.11. The van der Waals surface area contributed by atoms with Crippen molar-refractivity contribution in [2.24, 2.45) is 4.99 Å². The van der Waals surface area contributed by atoms with Crippen LogP contribution in [0.3, 0.4) is 0 Å². The van der Waals surface area contributed by atoms with Gasteiger partial charge >= 0.3 is 0 Å². The molecule has 1 N–H and O–H groups in total. The van der Waals surface area contributed by atoms with E-state index in [1.54, 1.807) is 0 Å². The van der Waals surface area contributed by atoms with Gasteiger partial charge < -0.3 is 10.2 Å². The van der Waals surface area contributed by atoms with Crippen molar-refractivity contribution in [3.63, 3.8) is 0 Å². The molecule has 5 heteroatoms. The lowest BCUT2D eigenvalue weighted by atomic mass is 10.1. The molecule has 0 amide bonds. The minimum absolute atomic E-state index is 0.179. The van der Waals surface area contributed by atoms with Crippen molar-refractivity contribution < 1.29 is 4.21 Å². The lowest BCUT2D eigenvalue weighted by Gasteiger charge is -2.22. The molecule has 1 rings (SSSR count). The lowest BCUT2D eigenvalue weighted by molar-refractivity contribution is 0.477. The molecule has 0 aliphatic heterocycles. The SMILES string of the molecule is CCNC(=NCCS(=O)C(C)(C)C)N(C)Cc1ccc(C)cc1. The third kappa shape index (κ3) is 7.16. The first-order chi connectivity index (χ1) is 10.7. The van der Waals surface area contributed by atoms with Gasteiger partial charge in [0.05, 0.1) is 6.54 Å². The van der Waals surface area contributed by atoms with E-state index in [1.807, 2.05) is 27.8 Å². The fraction of sp³-hybridized carbons (Fsp3) is 0.611. The molecule has 0 heterocycles. The standard InChI is InChI=1S/C18H31N3OS/c1-7-19-17(20-12-13-23(22)18(3,4)5)21(6)14-16-10-8-15(2)9-11-16/h8-11H,7,12-14H2,1-6H3,(H,19,20). The van der Waals surface area contributed by atoms with E-state index in [0.717, 1.165) is 19.0 Å². The average Bonchev–Trinajstić information content (AvgIpc) is 2.47. The van der Waals surface area contributed by atoms with Crippen molar-refractivity contribution >= 4 is 16.8 Å². The van der Waals surface area contributed by atoms with Crippen LogP contribution in [-0.4, -0.2) is 45.7 Å². The van der Waals surface area contributed by atoms with Crippen LogP contribution in [0.2, 0.25) is 0 Å². The van der Waals surface area contributed by atoms with Gasteiger partial charge in [0.2, 0.25) is 0 Å². The monoisotopic (exact) mass is 337 g/mol. The molecule has 0 saturated heterocycles. The zero-order valence-electron chi connectivity index (χ0n) is 15.3. The Balaban J connectivity index is 2.66. The number of aliphatic imine (C=N–C) groups is 1. The van der Waals surface area contributed by atoms with Crippen LogP contribution >= 0.6 is 0 Å². The van der Waals surface area contributed by atoms with Crippen LogP contribution in [0.1, 0.15) is 38.8 Å². The summed E-state index contributed by atoms with van der Waals surface area (Å²) in [5.41, 5.74) is 2.52. The first-order valence-corrected chi connectivity index (χ1v) is 9.49. The second-order valence-electron chi connectivity index (χ2n) is 6.74. The Kier molecular flexibility index (Phi) is 7.76. The smallest absolute Gasteiger partial charge is 0.193 e. The van der Waals surface area contributed by atoms with E-state index < -0.39 is 10.8 Å². The number of rotatable bonds is 6. The number of aryl methyl sites for hydroxylation is 1. The fourth-order valence-corrected chi connectivity index (χ4v) is 2.92. The van der Waals surface area contributed by atoms with Crippen LogP contribution in [0.4, 0.5) is 0 Å². The third-order valence-electron chi connectivity index (χ3n) is 3.46. The summed E-state index contributed by atoms with van der Waals surface area (Å²) in [4.78, 5) is 6.72. The van der Waals surface area contributed by atoms with Crippen LogP contribution in [0.5, 0.6) is 0 Å². The second-order valence-corrected chi connectivity index (χ2v) is 9.06. The van der Waals surface area contributed by atoms with Crippen molar-refractivity contribution in [3.8, 4) is 0 Å². The molecule has 1 unspecified atom stereocenters. The fourth-order valence-electron chi connectivity index (χ4n) is 2.05. The number of nitrogens with zero attached hydrogens (tertiary/aromatic N) is 2.